The summed E-state index contributed by atoms with van der Waals surface area (Å²) in [5.41, 5.74) is 0. The molecular formula is C16H23N5O. The number of carbonyl (C=O) groups excluding carboxylic acids is 1. The zero-order chi connectivity index (χ0) is 15.2. The number of aromatic nitrogens is 4. The maximum atomic E-state index is 12.2. The second-order valence-electron chi connectivity index (χ2n) is 5.96. The fourth-order valence-electron chi connectivity index (χ4n) is 3.04. The lowest BCUT2D eigenvalue weighted by atomic mass is 9.96. The zero-order valence-corrected chi connectivity index (χ0v) is 12.8. The Hall–Kier alpha value is -2.11. The Balaban J connectivity index is 1.36. The van der Waals surface area contributed by atoms with Crippen molar-refractivity contribution in [1.82, 2.24) is 24.2 Å². The number of nitrogens with zero attached hydrogens (tertiary/aromatic N) is 5. The molecule has 0 N–H and O–H groups in total. The molecule has 6 nitrogen and oxygen atoms in total. The van der Waals surface area contributed by atoms with Gasteiger partial charge in [0.05, 0.1) is 6.33 Å². The number of imidazole rings is 1. The summed E-state index contributed by atoms with van der Waals surface area (Å²) in [5.74, 6) is 0.940. The van der Waals surface area contributed by atoms with Crippen molar-refractivity contribution in [2.45, 2.75) is 38.8 Å². The van der Waals surface area contributed by atoms with Gasteiger partial charge in [-0.2, -0.15) is 5.10 Å². The van der Waals surface area contributed by atoms with E-state index in [1.54, 1.807) is 6.20 Å². The van der Waals surface area contributed by atoms with Gasteiger partial charge in [0.25, 0.3) is 0 Å². The Morgan fingerprint density at radius 1 is 1.18 bits per heavy atom. The molecule has 0 spiro atoms. The quantitative estimate of drug-likeness (QED) is 0.817. The second-order valence-corrected chi connectivity index (χ2v) is 5.96. The van der Waals surface area contributed by atoms with Crippen molar-refractivity contribution in [3.63, 3.8) is 0 Å². The standard InChI is InChI=1S/C16H23N5O/c22-16(3-1-8-21-9-2-6-18-21)20-10-4-15(5-11-20)13-19-12-7-17-14-19/h2,6-7,9,12,14-15H,1,3-5,8,10-11,13H2. The highest BCUT2D eigenvalue weighted by Gasteiger charge is 2.22. The number of rotatable bonds is 6. The van der Waals surface area contributed by atoms with Crippen LogP contribution in [0.3, 0.4) is 0 Å². The molecule has 0 bridgehead atoms. The van der Waals surface area contributed by atoms with Crippen molar-refractivity contribution in [2.24, 2.45) is 5.92 Å². The van der Waals surface area contributed by atoms with Crippen LogP contribution in [-0.4, -0.2) is 43.2 Å². The Morgan fingerprint density at radius 3 is 2.73 bits per heavy atom. The zero-order valence-electron chi connectivity index (χ0n) is 12.8. The molecule has 0 saturated carbocycles. The van der Waals surface area contributed by atoms with E-state index in [1.807, 2.05) is 40.6 Å². The van der Waals surface area contributed by atoms with Gasteiger partial charge in [-0.3, -0.25) is 9.48 Å². The molecule has 2 aromatic rings. The van der Waals surface area contributed by atoms with Gasteiger partial charge in [0.2, 0.25) is 5.91 Å². The average Bonchev–Trinajstić information content (AvgIpc) is 3.21. The maximum absolute atomic E-state index is 12.2. The summed E-state index contributed by atoms with van der Waals surface area (Å²) in [4.78, 5) is 18.3. The lowest BCUT2D eigenvalue weighted by molar-refractivity contribution is -0.132. The van der Waals surface area contributed by atoms with Gasteiger partial charge in [-0.15, -0.1) is 0 Å². The molecule has 3 rings (SSSR count). The molecule has 6 heteroatoms. The molecule has 3 heterocycles. The Morgan fingerprint density at radius 2 is 2.05 bits per heavy atom. The van der Waals surface area contributed by atoms with E-state index in [4.69, 9.17) is 0 Å². The summed E-state index contributed by atoms with van der Waals surface area (Å²) in [5, 5.41) is 4.16. The highest BCUT2D eigenvalue weighted by molar-refractivity contribution is 5.76. The van der Waals surface area contributed by atoms with Crippen LogP contribution in [0.5, 0.6) is 0 Å². The topological polar surface area (TPSA) is 56.0 Å². The molecule has 0 unspecified atom stereocenters. The van der Waals surface area contributed by atoms with Crippen molar-refractivity contribution >= 4 is 5.91 Å². The molecule has 1 saturated heterocycles. The summed E-state index contributed by atoms with van der Waals surface area (Å²) in [6.45, 7) is 3.61. The Labute approximate surface area is 130 Å². The van der Waals surface area contributed by atoms with Gasteiger partial charge < -0.3 is 9.47 Å². The van der Waals surface area contributed by atoms with Gasteiger partial charge in [-0.05, 0) is 31.2 Å². The first-order chi connectivity index (χ1) is 10.8. The van der Waals surface area contributed by atoms with E-state index in [2.05, 4.69) is 14.6 Å². The first kappa shape index (κ1) is 14.8. The Bertz CT molecular complexity index is 555. The van der Waals surface area contributed by atoms with Crippen LogP contribution in [0.4, 0.5) is 0 Å². The van der Waals surface area contributed by atoms with Crippen LogP contribution in [0, 0.1) is 5.92 Å². The largest absolute Gasteiger partial charge is 0.343 e. The van der Waals surface area contributed by atoms with E-state index >= 15 is 0 Å². The molecule has 22 heavy (non-hydrogen) atoms. The number of hydrogen-bond donors (Lipinski definition) is 0. The average molecular weight is 301 g/mol. The van der Waals surface area contributed by atoms with E-state index in [0.29, 0.717) is 12.3 Å². The summed E-state index contributed by atoms with van der Waals surface area (Å²) in [6, 6.07) is 1.91. The van der Waals surface area contributed by atoms with Gasteiger partial charge in [0.1, 0.15) is 0 Å². The van der Waals surface area contributed by atoms with E-state index in [0.717, 1.165) is 45.4 Å². The fraction of sp³-hybridized carbons (Fsp3) is 0.562. The summed E-state index contributed by atoms with van der Waals surface area (Å²) >= 11 is 0. The smallest absolute Gasteiger partial charge is 0.222 e. The number of likely N-dealkylation sites (tertiary alicyclic amines) is 1. The summed E-state index contributed by atoms with van der Waals surface area (Å²) in [7, 11) is 0. The van der Waals surface area contributed by atoms with Crippen LogP contribution < -0.4 is 0 Å². The van der Waals surface area contributed by atoms with Crippen molar-refractivity contribution in [2.75, 3.05) is 13.1 Å². The van der Waals surface area contributed by atoms with Gasteiger partial charge >= 0.3 is 0 Å². The SMILES string of the molecule is O=C(CCCn1cccn1)N1CCC(Cn2ccnc2)CC1. The monoisotopic (exact) mass is 301 g/mol. The van der Waals surface area contributed by atoms with Crippen LogP contribution in [0.15, 0.2) is 37.2 Å². The lowest BCUT2D eigenvalue weighted by Crippen LogP contribution is -2.39. The summed E-state index contributed by atoms with van der Waals surface area (Å²) < 4.78 is 4.01. The molecule has 118 valence electrons. The van der Waals surface area contributed by atoms with Crippen molar-refractivity contribution < 1.29 is 4.79 Å². The molecule has 1 fully saturated rings. The number of aryl methyl sites for hydroxylation is 1. The molecular weight excluding hydrogens is 278 g/mol. The molecule has 1 aliphatic rings. The minimum atomic E-state index is 0.285. The van der Waals surface area contributed by atoms with E-state index < -0.39 is 0 Å². The molecule has 0 atom stereocenters. The first-order valence-corrected chi connectivity index (χ1v) is 8.02. The highest BCUT2D eigenvalue weighted by atomic mass is 16.2. The Kier molecular flexibility index (Phi) is 4.88. The fourth-order valence-corrected chi connectivity index (χ4v) is 3.04. The molecule has 2 aromatic heterocycles. The van der Waals surface area contributed by atoms with E-state index in [9.17, 15) is 4.79 Å². The molecule has 0 aliphatic carbocycles. The van der Waals surface area contributed by atoms with Crippen molar-refractivity contribution in [3.8, 4) is 0 Å². The second kappa shape index (κ2) is 7.24. The van der Waals surface area contributed by atoms with Gasteiger partial charge in [-0.1, -0.05) is 0 Å². The maximum Gasteiger partial charge on any atom is 0.222 e. The minimum absolute atomic E-state index is 0.285. The number of hydrogen-bond acceptors (Lipinski definition) is 3. The molecule has 1 amide bonds. The van der Waals surface area contributed by atoms with Crippen LogP contribution >= 0.6 is 0 Å². The molecule has 0 radical (unpaired) electrons. The third kappa shape index (κ3) is 3.96. The predicted molar refractivity (Wildman–Crippen MR) is 83.0 cm³/mol. The third-order valence-electron chi connectivity index (χ3n) is 4.33. The van der Waals surface area contributed by atoms with Gasteiger partial charge in [-0.25, -0.2) is 4.98 Å². The molecule has 1 aliphatic heterocycles. The summed E-state index contributed by atoms with van der Waals surface area (Å²) in [6.07, 6.45) is 13.0. The van der Waals surface area contributed by atoms with Gasteiger partial charge in [0.15, 0.2) is 0 Å². The van der Waals surface area contributed by atoms with Crippen LogP contribution in [0.1, 0.15) is 25.7 Å². The predicted octanol–water partition coefficient (Wildman–Crippen LogP) is 1.80. The van der Waals surface area contributed by atoms with Crippen molar-refractivity contribution in [1.29, 1.82) is 0 Å². The van der Waals surface area contributed by atoms with Crippen molar-refractivity contribution in [3.05, 3.63) is 37.2 Å². The number of amides is 1. The lowest BCUT2D eigenvalue weighted by Gasteiger charge is -2.32. The van der Waals surface area contributed by atoms with Gasteiger partial charge in [0, 0.05) is 57.4 Å². The van der Waals surface area contributed by atoms with E-state index in [-0.39, 0.29) is 5.91 Å². The number of piperidine rings is 1. The highest BCUT2D eigenvalue weighted by Crippen LogP contribution is 2.19. The number of carbonyl (C=O) groups is 1. The first-order valence-electron chi connectivity index (χ1n) is 8.02. The minimum Gasteiger partial charge on any atom is -0.343 e. The van der Waals surface area contributed by atoms with Crippen LogP contribution in [0.2, 0.25) is 0 Å². The van der Waals surface area contributed by atoms with Crippen LogP contribution in [0.25, 0.3) is 0 Å². The molecule has 0 aromatic carbocycles. The van der Waals surface area contributed by atoms with Crippen LogP contribution in [-0.2, 0) is 17.9 Å². The van der Waals surface area contributed by atoms with E-state index in [1.165, 1.54) is 0 Å². The normalized spacial score (nSPS) is 16.1. The third-order valence-corrected chi connectivity index (χ3v) is 4.33.